The molecule has 0 aliphatic heterocycles. The van der Waals surface area contributed by atoms with Crippen LogP contribution in [0.15, 0.2) is 40.9 Å². The quantitative estimate of drug-likeness (QED) is 0.803. The SMILES string of the molecule is NC(Cc1ccc(Br)cc1Cl)c1ccc(Cl)c(F)c1. The molecule has 0 heterocycles. The summed E-state index contributed by atoms with van der Waals surface area (Å²) in [6.07, 6.45) is 0.535. The maximum Gasteiger partial charge on any atom is 0.142 e. The molecule has 0 radical (unpaired) electrons. The van der Waals surface area contributed by atoms with Gasteiger partial charge in [-0.05, 0) is 41.8 Å². The molecular formula is C14H11BrCl2FN. The topological polar surface area (TPSA) is 26.0 Å². The third kappa shape index (κ3) is 3.69. The molecule has 0 aliphatic carbocycles. The molecule has 0 saturated carbocycles. The largest absolute Gasteiger partial charge is 0.324 e. The molecule has 0 fully saturated rings. The summed E-state index contributed by atoms with van der Waals surface area (Å²) in [5.41, 5.74) is 7.69. The molecule has 1 nitrogen and oxygen atoms in total. The van der Waals surface area contributed by atoms with E-state index in [1.807, 2.05) is 18.2 Å². The van der Waals surface area contributed by atoms with Crippen molar-refractivity contribution in [2.45, 2.75) is 12.5 Å². The van der Waals surface area contributed by atoms with Crippen LogP contribution in [0.5, 0.6) is 0 Å². The standard InChI is InChI=1S/C14H11BrCl2FN/c15-10-3-1-8(12(17)7-10)6-14(19)9-2-4-11(16)13(18)5-9/h1-5,7,14H,6,19H2. The smallest absolute Gasteiger partial charge is 0.142 e. The van der Waals surface area contributed by atoms with E-state index in [2.05, 4.69) is 15.9 Å². The summed E-state index contributed by atoms with van der Waals surface area (Å²) in [5.74, 6) is -0.462. The van der Waals surface area contributed by atoms with Crippen molar-refractivity contribution >= 4 is 39.1 Å². The molecule has 0 aromatic heterocycles. The van der Waals surface area contributed by atoms with E-state index in [0.717, 1.165) is 10.0 Å². The van der Waals surface area contributed by atoms with Crippen molar-refractivity contribution in [2.75, 3.05) is 0 Å². The third-order valence-corrected chi connectivity index (χ3v) is 3.98. The second-order valence-electron chi connectivity index (χ2n) is 4.22. The van der Waals surface area contributed by atoms with Gasteiger partial charge in [0.05, 0.1) is 5.02 Å². The van der Waals surface area contributed by atoms with Gasteiger partial charge in [-0.15, -0.1) is 0 Å². The maximum atomic E-state index is 13.4. The minimum atomic E-state index is -0.462. The summed E-state index contributed by atoms with van der Waals surface area (Å²) < 4.78 is 14.3. The van der Waals surface area contributed by atoms with Crippen LogP contribution in [-0.4, -0.2) is 0 Å². The lowest BCUT2D eigenvalue weighted by atomic mass is 9.99. The second-order valence-corrected chi connectivity index (χ2v) is 5.95. The highest BCUT2D eigenvalue weighted by Crippen LogP contribution is 2.26. The second kappa shape index (κ2) is 6.23. The van der Waals surface area contributed by atoms with Crippen molar-refractivity contribution in [1.82, 2.24) is 0 Å². The van der Waals surface area contributed by atoms with Crippen LogP contribution < -0.4 is 5.73 Å². The molecule has 0 bridgehead atoms. The molecule has 19 heavy (non-hydrogen) atoms. The van der Waals surface area contributed by atoms with E-state index in [9.17, 15) is 4.39 Å². The molecular weight excluding hydrogens is 352 g/mol. The Kier molecular flexibility index (Phi) is 4.85. The van der Waals surface area contributed by atoms with Crippen LogP contribution in [0.4, 0.5) is 4.39 Å². The molecule has 5 heteroatoms. The molecule has 2 aromatic carbocycles. The van der Waals surface area contributed by atoms with Crippen LogP contribution in [0.3, 0.4) is 0 Å². The van der Waals surface area contributed by atoms with Gasteiger partial charge in [-0.25, -0.2) is 4.39 Å². The number of halogens is 4. The van der Waals surface area contributed by atoms with Crippen molar-refractivity contribution in [2.24, 2.45) is 5.73 Å². The van der Waals surface area contributed by atoms with Crippen molar-refractivity contribution in [3.63, 3.8) is 0 Å². The zero-order valence-electron chi connectivity index (χ0n) is 9.84. The zero-order valence-corrected chi connectivity index (χ0v) is 12.9. The third-order valence-electron chi connectivity index (χ3n) is 2.83. The highest BCUT2D eigenvalue weighted by molar-refractivity contribution is 9.10. The number of rotatable bonds is 3. The summed E-state index contributed by atoms with van der Waals surface area (Å²) in [4.78, 5) is 0. The van der Waals surface area contributed by atoms with Gasteiger partial charge < -0.3 is 5.73 Å². The minimum absolute atomic E-state index is 0.0950. The van der Waals surface area contributed by atoms with Crippen molar-refractivity contribution in [3.05, 3.63) is 67.9 Å². The fourth-order valence-electron chi connectivity index (χ4n) is 1.79. The number of nitrogens with two attached hydrogens (primary N) is 1. The van der Waals surface area contributed by atoms with Gasteiger partial charge in [-0.2, -0.15) is 0 Å². The molecule has 0 spiro atoms. The van der Waals surface area contributed by atoms with Gasteiger partial charge in [-0.1, -0.05) is 51.3 Å². The number of hydrogen-bond donors (Lipinski definition) is 1. The fourth-order valence-corrected chi connectivity index (χ4v) is 2.65. The predicted octanol–water partition coefficient (Wildman–Crippen LogP) is 5.14. The number of benzene rings is 2. The minimum Gasteiger partial charge on any atom is -0.324 e. The van der Waals surface area contributed by atoms with Crippen LogP contribution in [0.25, 0.3) is 0 Å². The summed E-state index contributed by atoms with van der Waals surface area (Å²) in [6, 6.07) is 9.88. The Morgan fingerprint density at radius 2 is 1.84 bits per heavy atom. The lowest BCUT2D eigenvalue weighted by Crippen LogP contribution is -2.13. The normalized spacial score (nSPS) is 12.5. The van der Waals surface area contributed by atoms with Gasteiger partial charge in [-0.3, -0.25) is 0 Å². The lowest BCUT2D eigenvalue weighted by Gasteiger charge is -2.14. The Morgan fingerprint density at radius 3 is 2.47 bits per heavy atom. The van der Waals surface area contributed by atoms with Crippen molar-refractivity contribution in [1.29, 1.82) is 0 Å². The lowest BCUT2D eigenvalue weighted by molar-refractivity contribution is 0.619. The summed E-state index contributed by atoms with van der Waals surface area (Å²) >= 11 is 15.1. The maximum absolute atomic E-state index is 13.4. The van der Waals surface area contributed by atoms with Gasteiger partial charge in [0.1, 0.15) is 5.82 Å². The first-order valence-corrected chi connectivity index (χ1v) is 7.16. The molecule has 0 saturated heterocycles. The van der Waals surface area contributed by atoms with Gasteiger partial charge in [0.2, 0.25) is 0 Å². The van der Waals surface area contributed by atoms with Crippen LogP contribution in [-0.2, 0) is 6.42 Å². The Balaban J connectivity index is 2.20. The highest BCUT2D eigenvalue weighted by Gasteiger charge is 2.12. The Morgan fingerprint density at radius 1 is 1.11 bits per heavy atom. The molecule has 100 valence electrons. The van der Waals surface area contributed by atoms with Gasteiger partial charge in [0.25, 0.3) is 0 Å². The molecule has 2 rings (SSSR count). The van der Waals surface area contributed by atoms with Crippen molar-refractivity contribution in [3.8, 4) is 0 Å². The highest BCUT2D eigenvalue weighted by atomic mass is 79.9. The molecule has 2 N–H and O–H groups in total. The van der Waals surface area contributed by atoms with E-state index >= 15 is 0 Å². The van der Waals surface area contributed by atoms with Crippen LogP contribution in [0, 0.1) is 5.82 Å². The predicted molar refractivity (Wildman–Crippen MR) is 81.2 cm³/mol. The summed E-state index contributed by atoms with van der Waals surface area (Å²) in [6.45, 7) is 0. The first-order valence-electron chi connectivity index (χ1n) is 5.62. The first kappa shape index (κ1) is 14.8. The van der Waals surface area contributed by atoms with E-state index in [1.54, 1.807) is 6.07 Å². The Labute approximate surface area is 129 Å². The van der Waals surface area contributed by atoms with E-state index in [-0.39, 0.29) is 11.1 Å². The van der Waals surface area contributed by atoms with Crippen LogP contribution in [0.2, 0.25) is 10.0 Å². The van der Waals surface area contributed by atoms with E-state index in [0.29, 0.717) is 17.0 Å². The average Bonchev–Trinajstić information content (AvgIpc) is 2.36. The molecule has 0 aliphatic rings. The van der Waals surface area contributed by atoms with Gasteiger partial charge >= 0.3 is 0 Å². The van der Waals surface area contributed by atoms with E-state index in [4.69, 9.17) is 28.9 Å². The number of hydrogen-bond acceptors (Lipinski definition) is 1. The Bertz CT molecular complexity index is 604. The van der Waals surface area contributed by atoms with Crippen LogP contribution >= 0.6 is 39.1 Å². The van der Waals surface area contributed by atoms with Gasteiger partial charge in [0.15, 0.2) is 0 Å². The molecule has 0 amide bonds. The van der Waals surface area contributed by atoms with Crippen LogP contribution in [0.1, 0.15) is 17.2 Å². The van der Waals surface area contributed by atoms with E-state index < -0.39 is 5.82 Å². The zero-order chi connectivity index (χ0) is 14.0. The Hall–Kier alpha value is -0.610. The summed E-state index contributed by atoms with van der Waals surface area (Å²) in [7, 11) is 0. The van der Waals surface area contributed by atoms with Gasteiger partial charge in [0, 0.05) is 15.5 Å². The van der Waals surface area contributed by atoms with E-state index in [1.165, 1.54) is 12.1 Å². The molecule has 1 atom stereocenters. The monoisotopic (exact) mass is 361 g/mol. The van der Waals surface area contributed by atoms with Crippen molar-refractivity contribution < 1.29 is 4.39 Å². The molecule has 2 aromatic rings. The summed E-state index contributed by atoms with van der Waals surface area (Å²) in [5, 5.41) is 0.733. The average molecular weight is 363 g/mol. The fraction of sp³-hybridized carbons (Fsp3) is 0.143. The molecule has 1 unspecified atom stereocenters. The first-order chi connectivity index (χ1) is 8.97.